The van der Waals surface area contributed by atoms with E-state index in [1.807, 2.05) is 6.20 Å². The normalized spacial score (nSPS) is 18.2. The highest BCUT2D eigenvalue weighted by molar-refractivity contribution is 7.17. The van der Waals surface area contributed by atoms with Gasteiger partial charge in [-0.25, -0.2) is 9.78 Å². The summed E-state index contributed by atoms with van der Waals surface area (Å²) in [6.07, 6.45) is 3.50. The number of morpholine rings is 1. The molecule has 0 spiro atoms. The van der Waals surface area contributed by atoms with E-state index in [9.17, 15) is 14.7 Å². The fourth-order valence-corrected chi connectivity index (χ4v) is 3.43. The lowest BCUT2D eigenvalue weighted by molar-refractivity contribution is -0.147. The molecule has 3 heterocycles. The first-order valence-corrected chi connectivity index (χ1v) is 7.87. The summed E-state index contributed by atoms with van der Waals surface area (Å²) in [5.74, 6) is -1.38. The average molecular weight is 336 g/mol. The van der Waals surface area contributed by atoms with Gasteiger partial charge in [-0.1, -0.05) is 0 Å². The number of carbonyl (C=O) groups is 2. The quantitative estimate of drug-likeness (QED) is 0.889. The van der Waals surface area contributed by atoms with Gasteiger partial charge >= 0.3 is 5.97 Å². The molecule has 0 saturated carbocycles. The van der Waals surface area contributed by atoms with Gasteiger partial charge in [-0.2, -0.15) is 5.10 Å². The minimum atomic E-state index is -1.06. The molecule has 8 nitrogen and oxygen atoms in total. The molecular formula is C14H16N4O4S. The fourth-order valence-electron chi connectivity index (χ4n) is 2.43. The Bertz CT molecular complexity index is 754. The molecule has 2 aromatic heterocycles. The van der Waals surface area contributed by atoms with Crippen LogP contribution in [0.25, 0.3) is 10.6 Å². The molecule has 3 rings (SSSR count). The number of hydrogen-bond acceptors (Lipinski definition) is 6. The topological polar surface area (TPSA) is 97.5 Å². The van der Waals surface area contributed by atoms with Gasteiger partial charge in [0.05, 0.1) is 25.1 Å². The molecule has 122 valence electrons. The van der Waals surface area contributed by atoms with Crippen LogP contribution < -0.4 is 0 Å². The Balaban J connectivity index is 1.90. The number of hydrogen-bond donors (Lipinski definition) is 1. The Labute approximate surface area is 136 Å². The van der Waals surface area contributed by atoms with Crippen LogP contribution in [0.2, 0.25) is 0 Å². The molecule has 1 N–H and O–H groups in total. The van der Waals surface area contributed by atoms with E-state index in [0.29, 0.717) is 22.2 Å². The summed E-state index contributed by atoms with van der Waals surface area (Å²) in [6.45, 7) is 2.35. The van der Waals surface area contributed by atoms with Gasteiger partial charge in [0.15, 0.2) is 6.04 Å². The summed E-state index contributed by atoms with van der Waals surface area (Å²) in [6, 6.07) is -0.959. The summed E-state index contributed by atoms with van der Waals surface area (Å²) >= 11 is 1.25. The first-order chi connectivity index (χ1) is 11.0. The first kappa shape index (κ1) is 15.6. The number of aromatic nitrogens is 3. The standard InChI is InChI=1S/C14H16N4O4S/c1-8-11(23-12(16-8)9-5-15-17(2)6-9)13(19)18-3-4-22-7-10(18)14(20)21/h5-6,10H,3-4,7H2,1-2H3,(H,20,21)/t10-/m1/s1. The second-order valence-electron chi connectivity index (χ2n) is 5.26. The number of rotatable bonds is 3. The van der Waals surface area contributed by atoms with E-state index < -0.39 is 12.0 Å². The SMILES string of the molecule is Cc1nc(-c2cnn(C)c2)sc1C(=O)N1CCOC[C@@H]1C(=O)O. The van der Waals surface area contributed by atoms with Crippen LogP contribution in [0, 0.1) is 6.92 Å². The average Bonchev–Trinajstić information content (AvgIpc) is 3.12. The number of carbonyl (C=O) groups excluding carboxylic acids is 1. The molecule has 0 radical (unpaired) electrons. The molecule has 1 fully saturated rings. The summed E-state index contributed by atoms with van der Waals surface area (Å²) in [7, 11) is 1.81. The predicted octanol–water partition coefficient (Wildman–Crippen LogP) is 0.778. The van der Waals surface area contributed by atoms with Crippen molar-refractivity contribution < 1.29 is 19.4 Å². The van der Waals surface area contributed by atoms with Crippen LogP contribution in [0.3, 0.4) is 0 Å². The first-order valence-electron chi connectivity index (χ1n) is 7.05. The summed E-state index contributed by atoms with van der Waals surface area (Å²) in [5, 5.41) is 14.1. The highest BCUT2D eigenvalue weighted by atomic mass is 32.1. The van der Waals surface area contributed by atoms with Crippen molar-refractivity contribution in [3.05, 3.63) is 23.0 Å². The van der Waals surface area contributed by atoms with Crippen molar-refractivity contribution in [1.29, 1.82) is 0 Å². The Kier molecular flexibility index (Phi) is 4.14. The van der Waals surface area contributed by atoms with Gasteiger partial charge in [0, 0.05) is 25.4 Å². The molecule has 0 aliphatic carbocycles. The molecule has 0 unspecified atom stereocenters. The highest BCUT2D eigenvalue weighted by Crippen LogP contribution is 2.29. The van der Waals surface area contributed by atoms with E-state index in [1.54, 1.807) is 24.9 Å². The van der Waals surface area contributed by atoms with Crippen LogP contribution in [0.5, 0.6) is 0 Å². The number of thiazole rings is 1. The second kappa shape index (κ2) is 6.09. The van der Waals surface area contributed by atoms with Crippen LogP contribution >= 0.6 is 11.3 Å². The van der Waals surface area contributed by atoms with Gasteiger partial charge < -0.3 is 14.7 Å². The number of aryl methyl sites for hydroxylation is 2. The molecular weight excluding hydrogens is 320 g/mol. The maximum atomic E-state index is 12.7. The van der Waals surface area contributed by atoms with Crippen molar-refractivity contribution in [3.8, 4) is 10.6 Å². The van der Waals surface area contributed by atoms with Crippen molar-refractivity contribution >= 4 is 23.2 Å². The number of ether oxygens (including phenoxy) is 1. The molecule has 0 bridgehead atoms. The summed E-state index contributed by atoms with van der Waals surface area (Å²) in [4.78, 5) is 30.3. The Hall–Kier alpha value is -2.26. The molecule has 2 aromatic rings. The summed E-state index contributed by atoms with van der Waals surface area (Å²) in [5.41, 5.74) is 1.42. The van der Waals surface area contributed by atoms with Crippen LogP contribution in [-0.2, 0) is 16.6 Å². The lowest BCUT2D eigenvalue weighted by Crippen LogP contribution is -2.52. The van der Waals surface area contributed by atoms with E-state index in [-0.39, 0.29) is 19.1 Å². The van der Waals surface area contributed by atoms with Gasteiger partial charge in [-0.3, -0.25) is 9.48 Å². The monoisotopic (exact) mass is 336 g/mol. The third kappa shape index (κ3) is 2.97. The third-order valence-electron chi connectivity index (χ3n) is 3.62. The number of carboxylic acid groups (broad SMARTS) is 1. The smallest absolute Gasteiger partial charge is 0.328 e. The molecule has 1 saturated heterocycles. The highest BCUT2D eigenvalue weighted by Gasteiger charge is 2.34. The number of carboxylic acids is 1. The molecule has 23 heavy (non-hydrogen) atoms. The Morgan fingerprint density at radius 1 is 1.48 bits per heavy atom. The minimum Gasteiger partial charge on any atom is -0.480 e. The fraction of sp³-hybridized carbons (Fsp3) is 0.429. The van der Waals surface area contributed by atoms with Crippen molar-refractivity contribution in [3.63, 3.8) is 0 Å². The van der Waals surface area contributed by atoms with E-state index in [4.69, 9.17) is 4.74 Å². The second-order valence-corrected chi connectivity index (χ2v) is 6.26. The van der Waals surface area contributed by atoms with E-state index in [0.717, 1.165) is 5.56 Å². The number of amides is 1. The largest absolute Gasteiger partial charge is 0.480 e. The van der Waals surface area contributed by atoms with Crippen molar-refractivity contribution in [2.24, 2.45) is 7.05 Å². The van der Waals surface area contributed by atoms with E-state index >= 15 is 0 Å². The molecule has 0 aromatic carbocycles. The van der Waals surface area contributed by atoms with Crippen LogP contribution in [0.15, 0.2) is 12.4 Å². The van der Waals surface area contributed by atoms with Gasteiger partial charge in [0.2, 0.25) is 0 Å². The third-order valence-corrected chi connectivity index (χ3v) is 4.81. The maximum Gasteiger partial charge on any atom is 0.328 e. The predicted molar refractivity (Wildman–Crippen MR) is 82.3 cm³/mol. The van der Waals surface area contributed by atoms with Crippen LogP contribution in [-0.4, -0.2) is 62.4 Å². The Morgan fingerprint density at radius 2 is 2.26 bits per heavy atom. The minimum absolute atomic E-state index is 0.00832. The van der Waals surface area contributed by atoms with Crippen LogP contribution in [0.1, 0.15) is 15.4 Å². The maximum absolute atomic E-state index is 12.7. The van der Waals surface area contributed by atoms with Gasteiger partial charge in [0.1, 0.15) is 9.88 Å². The van der Waals surface area contributed by atoms with E-state index in [1.165, 1.54) is 16.2 Å². The molecule has 1 amide bonds. The zero-order valence-corrected chi connectivity index (χ0v) is 13.5. The van der Waals surface area contributed by atoms with Gasteiger partial charge in [-0.15, -0.1) is 11.3 Å². The lowest BCUT2D eigenvalue weighted by Gasteiger charge is -2.32. The lowest BCUT2D eigenvalue weighted by atomic mass is 10.2. The number of nitrogens with zero attached hydrogens (tertiary/aromatic N) is 4. The van der Waals surface area contributed by atoms with Crippen molar-refractivity contribution in [2.45, 2.75) is 13.0 Å². The van der Waals surface area contributed by atoms with E-state index in [2.05, 4.69) is 10.1 Å². The van der Waals surface area contributed by atoms with Crippen molar-refractivity contribution in [1.82, 2.24) is 19.7 Å². The van der Waals surface area contributed by atoms with Crippen molar-refractivity contribution in [2.75, 3.05) is 19.8 Å². The van der Waals surface area contributed by atoms with Gasteiger partial charge in [-0.05, 0) is 6.92 Å². The van der Waals surface area contributed by atoms with Gasteiger partial charge in [0.25, 0.3) is 5.91 Å². The molecule has 1 aliphatic heterocycles. The molecule has 1 atom stereocenters. The number of aliphatic carboxylic acids is 1. The molecule has 9 heteroatoms. The summed E-state index contributed by atoms with van der Waals surface area (Å²) < 4.78 is 6.83. The van der Waals surface area contributed by atoms with Crippen LogP contribution in [0.4, 0.5) is 0 Å². The zero-order chi connectivity index (χ0) is 16.6. The zero-order valence-electron chi connectivity index (χ0n) is 12.7. The molecule has 1 aliphatic rings. The Morgan fingerprint density at radius 3 is 2.91 bits per heavy atom.